The smallest absolute Gasteiger partial charge is 0.410 e. The number of ether oxygens (including phenoxy) is 1. The van der Waals surface area contributed by atoms with Gasteiger partial charge in [-0.15, -0.1) is 0 Å². The standard InChI is InChI=1S/C60H90N10O13S/c1-37(2)44(68(14)55(78)49(58(6,7)8)66-54(77)50(69(15)57(80)83-59(9,10)11)60(12,13)41-23-18-16-19-24-41)35-39(5)51(74)67-84(81,82)36-40-27-29-42(30-28-40)63-52(75)43(25-22-33-62-56(61)79)64-53(76)48(38(3)4)65-45(71)26-20-17-21-34-70-46(72)31-32-47(70)73/h16,18-19,23-24,27-32,35,37-38,43-44,48-50H,17,20-22,25-26,33-34,36H2,1-15H3,(H,63,75)(H,64,76)(H,65,71)(H,66,77)(H,67,74)(H3,61,62,79)/b39-35+/t43-,44-,48-,49-,50-/m1/s1. The lowest BCUT2D eigenvalue weighted by molar-refractivity contribution is -0.142. The Balaban J connectivity index is 1.73. The molecule has 5 atom stereocenters. The third-order valence-electron chi connectivity index (χ3n) is 14.1. The highest BCUT2D eigenvalue weighted by atomic mass is 32.2. The maximum atomic E-state index is 14.7. The SMILES string of the molecule is C/C(=C\[C@H](C(C)C)N(C)C(=O)[C@@H](NC(=O)[C@@H](N(C)C(=O)OC(C)(C)C)C(C)(C)c1ccccc1)C(C)(C)C)C(=O)NS(=O)(=O)Cc1ccc(NC(=O)[C@@H](CCCNC(N)=O)NC(=O)[C@H](NC(=O)CCCCCN2C(=O)C=CC2=O)C(C)C)cc1. The highest BCUT2D eigenvalue weighted by molar-refractivity contribution is 7.89. The lowest BCUT2D eigenvalue weighted by Crippen LogP contribution is -2.63. The number of likely N-dealkylation sites (N-methyl/N-ethyl adjacent to an activating group) is 2. The zero-order valence-corrected chi connectivity index (χ0v) is 52.3. The van der Waals surface area contributed by atoms with Gasteiger partial charge in [0.05, 0.1) is 11.8 Å². The molecule has 2 aromatic rings. The van der Waals surface area contributed by atoms with Crippen LogP contribution in [0.2, 0.25) is 0 Å². The Morgan fingerprint density at radius 2 is 1.32 bits per heavy atom. The maximum Gasteiger partial charge on any atom is 0.410 e. The molecule has 0 radical (unpaired) electrons. The number of urea groups is 1. The average Bonchev–Trinajstić information content (AvgIpc) is 1.91. The molecule has 1 heterocycles. The van der Waals surface area contributed by atoms with Crippen LogP contribution in [-0.4, -0.2) is 145 Å². The fourth-order valence-electron chi connectivity index (χ4n) is 9.36. The number of nitrogens with one attached hydrogen (secondary N) is 6. The number of carbonyl (C=O) groups is 10. The molecule has 0 spiro atoms. The summed E-state index contributed by atoms with van der Waals surface area (Å²) < 4.78 is 34.8. The summed E-state index contributed by atoms with van der Waals surface area (Å²) >= 11 is 0. The molecule has 84 heavy (non-hydrogen) atoms. The van der Waals surface area contributed by atoms with Crippen LogP contribution in [0.25, 0.3) is 0 Å². The summed E-state index contributed by atoms with van der Waals surface area (Å²) in [4.78, 5) is 136. The van der Waals surface area contributed by atoms with Gasteiger partial charge in [0.2, 0.25) is 39.6 Å². The van der Waals surface area contributed by atoms with Crippen molar-refractivity contribution in [3.63, 3.8) is 0 Å². The van der Waals surface area contributed by atoms with Crippen LogP contribution in [0.3, 0.4) is 0 Å². The first-order chi connectivity index (χ1) is 38.9. The van der Waals surface area contributed by atoms with Crippen LogP contribution in [0.5, 0.6) is 0 Å². The van der Waals surface area contributed by atoms with Crippen LogP contribution >= 0.6 is 0 Å². The van der Waals surface area contributed by atoms with Gasteiger partial charge < -0.3 is 42.0 Å². The Morgan fingerprint density at radius 1 is 0.726 bits per heavy atom. The van der Waals surface area contributed by atoms with E-state index in [1.165, 1.54) is 73.3 Å². The van der Waals surface area contributed by atoms with Gasteiger partial charge in [-0.05, 0) is 93.9 Å². The first-order valence-electron chi connectivity index (χ1n) is 28.2. The van der Waals surface area contributed by atoms with Crippen molar-refractivity contribution in [2.75, 3.05) is 32.5 Å². The molecule has 0 aromatic heterocycles. The molecule has 0 aliphatic carbocycles. The van der Waals surface area contributed by atoms with E-state index in [9.17, 15) is 56.4 Å². The average molecular weight is 1190 g/mol. The third-order valence-corrected chi connectivity index (χ3v) is 15.3. The number of carbonyl (C=O) groups excluding carboxylic acids is 10. The van der Waals surface area contributed by atoms with Crippen molar-refractivity contribution in [3.05, 3.63) is 89.5 Å². The molecule has 0 saturated heterocycles. The van der Waals surface area contributed by atoms with E-state index in [-0.39, 0.29) is 66.9 Å². The molecule has 1 aliphatic rings. The first kappa shape index (κ1) is 70.6. The van der Waals surface area contributed by atoms with Crippen LogP contribution in [-0.2, 0) is 64.3 Å². The fourth-order valence-corrected chi connectivity index (χ4v) is 10.5. The molecule has 0 fully saturated rings. The number of nitrogens with zero attached hydrogens (tertiary/aromatic N) is 3. The number of benzene rings is 2. The molecular weight excluding hydrogens is 1100 g/mol. The molecule has 3 rings (SSSR count). The zero-order chi connectivity index (χ0) is 63.7. The fraction of sp³-hybridized carbons (Fsp3) is 0.567. The molecule has 24 heteroatoms. The molecule has 1 aliphatic heterocycles. The number of hydrogen-bond acceptors (Lipinski definition) is 13. The first-order valence-corrected chi connectivity index (χ1v) is 29.9. The molecule has 0 bridgehead atoms. The number of primary amides is 1. The Kier molecular flexibility index (Phi) is 25.9. The Morgan fingerprint density at radius 3 is 1.86 bits per heavy atom. The second kappa shape index (κ2) is 30.8. The van der Waals surface area contributed by atoms with Gasteiger partial charge in [0.1, 0.15) is 29.8 Å². The van der Waals surface area contributed by atoms with Crippen molar-refractivity contribution in [2.45, 2.75) is 176 Å². The van der Waals surface area contributed by atoms with Crippen molar-refractivity contribution < 1.29 is 61.1 Å². The second-order valence-electron chi connectivity index (χ2n) is 24.6. The monoisotopic (exact) mass is 1190 g/mol. The molecule has 464 valence electrons. The van der Waals surface area contributed by atoms with E-state index < -0.39 is 116 Å². The van der Waals surface area contributed by atoms with E-state index >= 15 is 0 Å². The Bertz CT molecular complexity index is 2840. The predicted molar refractivity (Wildman–Crippen MR) is 319 cm³/mol. The third kappa shape index (κ3) is 21.8. The van der Waals surface area contributed by atoms with Crippen LogP contribution in [0.15, 0.2) is 78.4 Å². The van der Waals surface area contributed by atoms with Crippen LogP contribution in [0.4, 0.5) is 15.3 Å². The van der Waals surface area contributed by atoms with E-state index in [1.807, 2.05) is 58.0 Å². The van der Waals surface area contributed by atoms with Gasteiger partial charge in [0.15, 0.2) is 0 Å². The van der Waals surface area contributed by atoms with E-state index in [2.05, 4.69) is 31.3 Å². The van der Waals surface area contributed by atoms with Gasteiger partial charge >= 0.3 is 12.1 Å². The van der Waals surface area contributed by atoms with Gasteiger partial charge in [-0.3, -0.25) is 48.2 Å². The number of imide groups is 1. The normalized spacial score (nSPS) is 14.9. The maximum absolute atomic E-state index is 14.7. The number of hydrogen-bond donors (Lipinski definition) is 7. The largest absolute Gasteiger partial charge is 0.444 e. The van der Waals surface area contributed by atoms with E-state index in [0.29, 0.717) is 19.3 Å². The van der Waals surface area contributed by atoms with Gasteiger partial charge in [-0.25, -0.2) is 22.7 Å². The van der Waals surface area contributed by atoms with Crippen LogP contribution < -0.4 is 37.0 Å². The van der Waals surface area contributed by atoms with Gasteiger partial charge in [-0.1, -0.05) is 117 Å². The summed E-state index contributed by atoms with van der Waals surface area (Å²) in [5.74, 6) is -5.87. The van der Waals surface area contributed by atoms with Crippen molar-refractivity contribution in [3.8, 4) is 0 Å². The summed E-state index contributed by atoms with van der Waals surface area (Å²) in [5, 5.41) is 13.6. The summed E-state index contributed by atoms with van der Waals surface area (Å²) in [6.07, 6.45) is 4.97. The van der Waals surface area contributed by atoms with Crippen molar-refractivity contribution in [1.29, 1.82) is 0 Å². The van der Waals surface area contributed by atoms with Gasteiger partial charge in [0.25, 0.3) is 17.7 Å². The highest BCUT2D eigenvalue weighted by Gasteiger charge is 2.46. The van der Waals surface area contributed by atoms with E-state index in [4.69, 9.17) is 10.5 Å². The predicted octanol–water partition coefficient (Wildman–Crippen LogP) is 5.30. The quantitative estimate of drug-likeness (QED) is 0.0309. The zero-order valence-electron chi connectivity index (χ0n) is 51.5. The number of unbranched alkanes of at least 4 members (excludes halogenated alkanes) is 2. The van der Waals surface area contributed by atoms with Gasteiger partial charge in [0, 0.05) is 62.4 Å². The lowest BCUT2D eigenvalue weighted by atomic mass is 9.76. The van der Waals surface area contributed by atoms with E-state index in [0.717, 1.165) is 10.5 Å². The summed E-state index contributed by atoms with van der Waals surface area (Å²) in [7, 11) is -1.33. The Hall–Kier alpha value is -7.63. The van der Waals surface area contributed by atoms with Crippen molar-refractivity contribution in [1.82, 2.24) is 40.7 Å². The molecular formula is C60H90N10O13S. The highest BCUT2D eigenvalue weighted by Crippen LogP contribution is 2.33. The molecule has 23 nitrogen and oxygen atoms in total. The molecule has 2 aromatic carbocycles. The minimum absolute atomic E-state index is 0.0121. The molecule has 0 saturated carbocycles. The number of anilines is 1. The lowest BCUT2D eigenvalue weighted by Gasteiger charge is -2.42. The second-order valence-corrected chi connectivity index (χ2v) is 26.3. The topological polar surface area (TPSA) is 322 Å². The van der Waals surface area contributed by atoms with Crippen molar-refractivity contribution in [2.24, 2.45) is 23.0 Å². The van der Waals surface area contributed by atoms with E-state index in [1.54, 1.807) is 55.4 Å². The molecule has 11 amide bonds. The van der Waals surface area contributed by atoms with Crippen LogP contribution in [0, 0.1) is 17.3 Å². The Labute approximate surface area is 495 Å². The number of amides is 11. The van der Waals surface area contributed by atoms with Crippen molar-refractivity contribution >= 4 is 75.1 Å². The minimum Gasteiger partial charge on any atom is -0.444 e. The minimum atomic E-state index is -4.34. The van der Waals surface area contributed by atoms with Gasteiger partial charge in [-0.2, -0.15) is 0 Å². The number of nitrogens with two attached hydrogens (primary N) is 1. The molecule has 0 unspecified atom stereocenters. The summed E-state index contributed by atoms with van der Waals surface area (Å²) in [6, 6.07) is 8.90. The number of sulfonamides is 1. The molecule has 8 N–H and O–H groups in total. The summed E-state index contributed by atoms with van der Waals surface area (Å²) in [6.45, 7) is 23.0. The van der Waals surface area contributed by atoms with Crippen LogP contribution in [0.1, 0.15) is 140 Å². The summed E-state index contributed by atoms with van der Waals surface area (Å²) in [5.41, 5.74) is 3.71. The number of rotatable bonds is 29.